The lowest BCUT2D eigenvalue weighted by Crippen LogP contribution is -2.59. The third kappa shape index (κ3) is 7.98. The predicted molar refractivity (Wildman–Crippen MR) is 149 cm³/mol. The number of aliphatic hydroxyl groups is 1. The van der Waals surface area contributed by atoms with Gasteiger partial charge in [-0.05, 0) is 55.6 Å². The van der Waals surface area contributed by atoms with Crippen molar-refractivity contribution < 1.29 is 19.5 Å². The number of halogens is 1. The van der Waals surface area contributed by atoms with Crippen LogP contribution in [0.4, 0.5) is 0 Å². The highest BCUT2D eigenvalue weighted by Gasteiger charge is 2.40. The number of amides is 3. The fourth-order valence-electron chi connectivity index (χ4n) is 4.85. The molecule has 0 radical (unpaired) electrons. The number of imide groups is 1. The minimum absolute atomic E-state index is 0. The lowest BCUT2D eigenvalue weighted by Gasteiger charge is -2.34. The second-order valence-corrected chi connectivity index (χ2v) is 9.57. The molecule has 1 fully saturated rings. The van der Waals surface area contributed by atoms with Crippen LogP contribution in [0.5, 0.6) is 0 Å². The summed E-state index contributed by atoms with van der Waals surface area (Å²) in [5.74, 6) is -1.45. The van der Waals surface area contributed by atoms with Crippen LogP contribution in [-0.4, -0.2) is 72.6 Å². The maximum absolute atomic E-state index is 13.7. The molecular formula is C28H41ClN4O4. The zero-order valence-corrected chi connectivity index (χ0v) is 22.9. The van der Waals surface area contributed by atoms with Crippen LogP contribution in [0.1, 0.15) is 45.1 Å². The van der Waals surface area contributed by atoms with Crippen LogP contribution in [0.2, 0.25) is 0 Å². The molecule has 1 saturated heterocycles. The van der Waals surface area contributed by atoms with Gasteiger partial charge in [0.1, 0.15) is 6.04 Å². The Labute approximate surface area is 226 Å². The average Bonchev–Trinajstić information content (AvgIpc) is 3.43. The van der Waals surface area contributed by atoms with Crippen molar-refractivity contribution in [1.29, 1.82) is 0 Å². The van der Waals surface area contributed by atoms with Gasteiger partial charge in [-0.1, -0.05) is 56.3 Å². The van der Waals surface area contributed by atoms with E-state index in [0.717, 1.165) is 22.8 Å². The highest BCUT2D eigenvalue weighted by molar-refractivity contribution is 6.03. The zero-order chi connectivity index (χ0) is 26.1. The normalized spacial score (nSPS) is 16.7. The highest BCUT2D eigenvalue weighted by Crippen LogP contribution is 2.23. The van der Waals surface area contributed by atoms with Crippen LogP contribution >= 0.6 is 12.4 Å². The number of rotatable bonds is 12. The molecule has 2 aromatic rings. The Hall–Kier alpha value is -2.52. The second kappa shape index (κ2) is 15.0. The van der Waals surface area contributed by atoms with Gasteiger partial charge in [0, 0.05) is 25.4 Å². The Kier molecular flexibility index (Phi) is 12.5. The molecule has 1 aliphatic rings. The minimum Gasteiger partial charge on any atom is -0.390 e. The summed E-state index contributed by atoms with van der Waals surface area (Å²) in [6, 6.07) is 12.4. The Balaban J connectivity index is 0.00000481. The van der Waals surface area contributed by atoms with E-state index in [2.05, 4.69) is 16.0 Å². The average molecular weight is 533 g/mol. The SMILES string of the molecule is CCC(CC)C(=O)N(C(=O)[C@@H]1CCCN1)[C@H](Cc1ccc2ccccc2c1)C(=O)NCC(O)CNC.Cl. The predicted octanol–water partition coefficient (Wildman–Crippen LogP) is 2.41. The van der Waals surface area contributed by atoms with E-state index in [1.807, 2.05) is 56.3 Å². The van der Waals surface area contributed by atoms with Gasteiger partial charge in [0.15, 0.2) is 0 Å². The molecule has 3 amide bonds. The fraction of sp³-hybridized carbons (Fsp3) is 0.536. The number of aliphatic hydroxyl groups excluding tert-OH is 1. The molecule has 0 spiro atoms. The van der Waals surface area contributed by atoms with E-state index >= 15 is 0 Å². The summed E-state index contributed by atoms with van der Waals surface area (Å²) in [5, 5.41) is 21.1. The van der Waals surface area contributed by atoms with Gasteiger partial charge < -0.3 is 21.1 Å². The molecule has 0 saturated carbocycles. The zero-order valence-electron chi connectivity index (χ0n) is 22.0. The monoisotopic (exact) mass is 532 g/mol. The van der Waals surface area contributed by atoms with Crippen molar-refractivity contribution in [2.24, 2.45) is 5.92 Å². The summed E-state index contributed by atoms with van der Waals surface area (Å²) < 4.78 is 0. The van der Waals surface area contributed by atoms with Crippen molar-refractivity contribution in [2.45, 2.75) is 64.1 Å². The standard InChI is InChI=1S/C28H40N4O4.ClH/c1-4-20(5-2)27(35)32(28(36)24-11-8-14-30-24)25(26(34)31-18-23(33)17-29-3)16-19-12-13-21-9-6-7-10-22(21)15-19;/h6-7,9-10,12-13,15,20,23-25,29-30,33H,4-5,8,11,14,16-18H2,1-3H3,(H,31,34);1H/t23?,24-,25+;/m0./s1. The summed E-state index contributed by atoms with van der Waals surface area (Å²) in [4.78, 5) is 42.2. The van der Waals surface area contributed by atoms with E-state index in [0.29, 0.717) is 32.4 Å². The number of fused-ring (bicyclic) bond motifs is 1. The number of nitrogens with zero attached hydrogens (tertiary/aromatic N) is 1. The van der Waals surface area contributed by atoms with Gasteiger partial charge in [0.05, 0.1) is 12.1 Å². The summed E-state index contributed by atoms with van der Waals surface area (Å²) in [6.45, 7) is 4.90. The molecule has 8 nitrogen and oxygen atoms in total. The first-order valence-corrected chi connectivity index (χ1v) is 13.1. The first kappa shape index (κ1) is 30.7. The molecule has 0 aromatic heterocycles. The molecule has 0 bridgehead atoms. The van der Waals surface area contributed by atoms with E-state index in [1.54, 1.807) is 7.05 Å². The molecule has 0 aliphatic carbocycles. The summed E-state index contributed by atoms with van der Waals surface area (Å²) in [5.41, 5.74) is 0.860. The molecule has 9 heteroatoms. The number of carbonyl (C=O) groups is 3. The topological polar surface area (TPSA) is 111 Å². The summed E-state index contributed by atoms with van der Waals surface area (Å²) in [7, 11) is 1.72. The molecule has 3 atom stereocenters. The maximum Gasteiger partial charge on any atom is 0.247 e. The van der Waals surface area contributed by atoms with E-state index in [1.165, 1.54) is 4.90 Å². The maximum atomic E-state index is 13.7. The molecule has 1 heterocycles. The van der Waals surface area contributed by atoms with Crippen molar-refractivity contribution in [3.8, 4) is 0 Å². The quantitative estimate of drug-likeness (QED) is 0.334. The van der Waals surface area contributed by atoms with Gasteiger partial charge in [0.25, 0.3) is 0 Å². The Morgan fingerprint density at radius 1 is 1.08 bits per heavy atom. The van der Waals surface area contributed by atoms with Gasteiger partial charge in [-0.2, -0.15) is 0 Å². The van der Waals surface area contributed by atoms with Crippen LogP contribution in [0.25, 0.3) is 10.8 Å². The van der Waals surface area contributed by atoms with E-state index in [4.69, 9.17) is 0 Å². The molecule has 2 aromatic carbocycles. The highest BCUT2D eigenvalue weighted by atomic mass is 35.5. The second-order valence-electron chi connectivity index (χ2n) is 9.57. The minimum atomic E-state index is -1.02. The number of likely N-dealkylation sites (N-methyl/N-ethyl adjacent to an activating group) is 1. The largest absolute Gasteiger partial charge is 0.390 e. The van der Waals surface area contributed by atoms with E-state index in [9.17, 15) is 19.5 Å². The van der Waals surface area contributed by atoms with Crippen molar-refractivity contribution >= 4 is 40.9 Å². The van der Waals surface area contributed by atoms with Gasteiger partial charge >= 0.3 is 0 Å². The fourth-order valence-corrected chi connectivity index (χ4v) is 4.85. The molecule has 37 heavy (non-hydrogen) atoms. The molecule has 1 unspecified atom stereocenters. The summed E-state index contributed by atoms with van der Waals surface area (Å²) >= 11 is 0. The molecule has 4 N–H and O–H groups in total. The van der Waals surface area contributed by atoms with Crippen molar-refractivity contribution in [1.82, 2.24) is 20.9 Å². The molecule has 204 valence electrons. The third-order valence-corrected chi connectivity index (χ3v) is 6.98. The van der Waals surface area contributed by atoms with Gasteiger partial charge in [0.2, 0.25) is 17.7 Å². The molecular weight excluding hydrogens is 492 g/mol. The Bertz CT molecular complexity index is 1030. The van der Waals surface area contributed by atoms with Crippen molar-refractivity contribution in [2.75, 3.05) is 26.7 Å². The van der Waals surface area contributed by atoms with Crippen LogP contribution in [0.15, 0.2) is 42.5 Å². The molecule has 3 rings (SSSR count). The number of hydrogen-bond acceptors (Lipinski definition) is 6. The van der Waals surface area contributed by atoms with Crippen molar-refractivity contribution in [3.05, 3.63) is 48.0 Å². The summed E-state index contributed by atoms with van der Waals surface area (Å²) in [6.07, 6.45) is 2.07. The lowest BCUT2D eigenvalue weighted by molar-refractivity contribution is -0.155. The van der Waals surface area contributed by atoms with Gasteiger partial charge in [-0.3, -0.25) is 19.3 Å². The smallest absolute Gasteiger partial charge is 0.247 e. The Morgan fingerprint density at radius 2 is 1.78 bits per heavy atom. The lowest BCUT2D eigenvalue weighted by atomic mass is 9.96. The first-order valence-electron chi connectivity index (χ1n) is 13.1. The van der Waals surface area contributed by atoms with Crippen molar-refractivity contribution in [3.63, 3.8) is 0 Å². The van der Waals surface area contributed by atoms with E-state index < -0.39 is 24.1 Å². The first-order chi connectivity index (χ1) is 17.4. The Morgan fingerprint density at radius 3 is 2.41 bits per heavy atom. The number of nitrogens with one attached hydrogen (secondary N) is 3. The van der Waals surface area contributed by atoms with Crippen LogP contribution < -0.4 is 16.0 Å². The number of carbonyl (C=O) groups excluding carboxylic acids is 3. The van der Waals surface area contributed by atoms with Crippen LogP contribution in [0, 0.1) is 5.92 Å². The van der Waals surface area contributed by atoms with Gasteiger partial charge in [-0.15, -0.1) is 12.4 Å². The number of benzene rings is 2. The van der Waals surface area contributed by atoms with Crippen LogP contribution in [0.3, 0.4) is 0 Å². The number of hydrogen-bond donors (Lipinski definition) is 4. The van der Waals surface area contributed by atoms with E-state index in [-0.39, 0.29) is 43.1 Å². The third-order valence-electron chi connectivity index (χ3n) is 6.98. The molecule has 1 aliphatic heterocycles. The van der Waals surface area contributed by atoms with Crippen LogP contribution in [-0.2, 0) is 20.8 Å². The van der Waals surface area contributed by atoms with Gasteiger partial charge in [-0.25, -0.2) is 0 Å².